The van der Waals surface area contributed by atoms with E-state index < -0.39 is 0 Å². The lowest BCUT2D eigenvalue weighted by atomic mass is 10.1. The van der Waals surface area contributed by atoms with Gasteiger partial charge in [0.2, 0.25) is 0 Å². The maximum absolute atomic E-state index is 12.4. The molecule has 1 heterocycles. The standard InChI is InChI=1S/C15H20ClNO2/c1-11-3-4-13(9-14(11)19-2)15(18)17-8-6-12(10-17)5-7-16/h3-4,9,12H,5-8,10H2,1-2H3. The lowest BCUT2D eigenvalue weighted by Crippen LogP contribution is -2.28. The van der Waals surface area contributed by atoms with Crippen molar-refractivity contribution in [2.24, 2.45) is 5.92 Å². The van der Waals surface area contributed by atoms with Gasteiger partial charge in [0.05, 0.1) is 7.11 Å². The monoisotopic (exact) mass is 281 g/mol. The molecule has 2 rings (SSSR count). The first kappa shape index (κ1) is 14.2. The van der Waals surface area contributed by atoms with Crippen molar-refractivity contribution in [3.63, 3.8) is 0 Å². The van der Waals surface area contributed by atoms with E-state index in [0.717, 1.165) is 37.2 Å². The van der Waals surface area contributed by atoms with E-state index in [4.69, 9.17) is 16.3 Å². The summed E-state index contributed by atoms with van der Waals surface area (Å²) in [6.07, 6.45) is 2.05. The largest absolute Gasteiger partial charge is 0.496 e. The summed E-state index contributed by atoms with van der Waals surface area (Å²) < 4.78 is 5.27. The lowest BCUT2D eigenvalue weighted by Gasteiger charge is -2.17. The van der Waals surface area contributed by atoms with Crippen LogP contribution in [0.25, 0.3) is 0 Å². The molecule has 1 aliphatic rings. The molecule has 0 saturated carbocycles. The van der Waals surface area contributed by atoms with Gasteiger partial charge in [0.15, 0.2) is 0 Å². The Bertz CT molecular complexity index is 461. The molecule has 0 radical (unpaired) electrons. The fourth-order valence-corrected chi connectivity index (χ4v) is 2.85. The number of hydrogen-bond acceptors (Lipinski definition) is 2. The number of methoxy groups -OCH3 is 1. The SMILES string of the molecule is COc1cc(C(=O)N2CCC(CCCl)C2)ccc1C. The van der Waals surface area contributed by atoms with Crippen LogP contribution in [0.5, 0.6) is 5.75 Å². The van der Waals surface area contributed by atoms with Gasteiger partial charge < -0.3 is 9.64 Å². The summed E-state index contributed by atoms with van der Waals surface area (Å²) in [5.41, 5.74) is 1.74. The highest BCUT2D eigenvalue weighted by molar-refractivity contribution is 6.17. The molecule has 0 spiro atoms. The predicted octanol–water partition coefficient (Wildman–Crippen LogP) is 3.09. The highest BCUT2D eigenvalue weighted by Gasteiger charge is 2.26. The van der Waals surface area contributed by atoms with Gasteiger partial charge in [-0.05, 0) is 43.4 Å². The summed E-state index contributed by atoms with van der Waals surface area (Å²) in [5, 5.41) is 0. The van der Waals surface area contributed by atoms with Gasteiger partial charge in [0.1, 0.15) is 5.75 Å². The minimum atomic E-state index is 0.0929. The zero-order valence-corrected chi connectivity index (χ0v) is 12.2. The van der Waals surface area contributed by atoms with Gasteiger partial charge in [-0.1, -0.05) is 6.07 Å². The van der Waals surface area contributed by atoms with Crippen molar-refractivity contribution in [2.75, 3.05) is 26.1 Å². The molecule has 4 heteroatoms. The average molecular weight is 282 g/mol. The van der Waals surface area contributed by atoms with Crippen LogP contribution in [0.3, 0.4) is 0 Å². The number of rotatable bonds is 4. The molecule has 0 N–H and O–H groups in total. The number of alkyl halides is 1. The van der Waals surface area contributed by atoms with Crippen LogP contribution >= 0.6 is 11.6 Å². The van der Waals surface area contributed by atoms with Crippen LogP contribution < -0.4 is 4.74 Å². The summed E-state index contributed by atoms with van der Waals surface area (Å²) in [5.74, 6) is 2.08. The van der Waals surface area contributed by atoms with E-state index in [9.17, 15) is 4.79 Å². The zero-order valence-electron chi connectivity index (χ0n) is 11.5. The molecule has 1 aromatic carbocycles. The fraction of sp³-hybridized carbons (Fsp3) is 0.533. The van der Waals surface area contributed by atoms with E-state index in [1.807, 2.05) is 30.0 Å². The summed E-state index contributed by atoms with van der Waals surface area (Å²) in [7, 11) is 1.63. The first-order valence-corrected chi connectivity index (χ1v) is 7.19. The van der Waals surface area contributed by atoms with Crippen molar-refractivity contribution in [1.82, 2.24) is 4.90 Å². The van der Waals surface area contributed by atoms with Gasteiger partial charge in [0, 0.05) is 24.5 Å². The second-order valence-corrected chi connectivity index (χ2v) is 5.45. The molecule has 3 nitrogen and oxygen atoms in total. The number of ether oxygens (including phenoxy) is 1. The summed E-state index contributed by atoms with van der Waals surface area (Å²) >= 11 is 5.76. The third-order valence-electron chi connectivity index (χ3n) is 3.75. The predicted molar refractivity (Wildman–Crippen MR) is 77.1 cm³/mol. The number of likely N-dealkylation sites (tertiary alicyclic amines) is 1. The summed E-state index contributed by atoms with van der Waals surface area (Å²) in [6, 6.07) is 5.62. The molecule has 104 valence electrons. The van der Waals surface area contributed by atoms with Crippen molar-refractivity contribution >= 4 is 17.5 Å². The molecular weight excluding hydrogens is 262 g/mol. The van der Waals surface area contributed by atoms with Crippen LogP contribution in [0, 0.1) is 12.8 Å². The molecule has 1 fully saturated rings. The Balaban J connectivity index is 2.08. The van der Waals surface area contributed by atoms with Crippen LogP contribution in [0.2, 0.25) is 0 Å². The second-order valence-electron chi connectivity index (χ2n) is 5.07. The normalized spacial score (nSPS) is 18.7. The molecule has 1 unspecified atom stereocenters. The number of amides is 1. The number of carbonyl (C=O) groups is 1. The number of hydrogen-bond donors (Lipinski definition) is 0. The van der Waals surface area contributed by atoms with E-state index >= 15 is 0 Å². The minimum Gasteiger partial charge on any atom is -0.496 e. The van der Waals surface area contributed by atoms with Gasteiger partial charge >= 0.3 is 0 Å². The summed E-state index contributed by atoms with van der Waals surface area (Å²) in [4.78, 5) is 14.3. The third-order valence-corrected chi connectivity index (χ3v) is 3.96. The van der Waals surface area contributed by atoms with Crippen molar-refractivity contribution < 1.29 is 9.53 Å². The fourth-order valence-electron chi connectivity index (χ4n) is 2.54. The summed E-state index contributed by atoms with van der Waals surface area (Å²) in [6.45, 7) is 3.62. The molecule has 1 aliphatic heterocycles. The van der Waals surface area contributed by atoms with Crippen LogP contribution in [0.1, 0.15) is 28.8 Å². The van der Waals surface area contributed by atoms with Gasteiger partial charge in [-0.2, -0.15) is 0 Å². The third kappa shape index (κ3) is 3.21. The molecule has 0 aliphatic carbocycles. The van der Waals surface area contributed by atoms with Crippen molar-refractivity contribution in [2.45, 2.75) is 19.8 Å². The van der Waals surface area contributed by atoms with E-state index in [2.05, 4.69) is 0 Å². The maximum Gasteiger partial charge on any atom is 0.253 e. The molecule has 1 atom stereocenters. The first-order chi connectivity index (χ1) is 9.15. The lowest BCUT2D eigenvalue weighted by molar-refractivity contribution is 0.0786. The van der Waals surface area contributed by atoms with Gasteiger partial charge in [-0.25, -0.2) is 0 Å². The number of nitrogens with zero attached hydrogens (tertiary/aromatic N) is 1. The van der Waals surface area contributed by atoms with Crippen LogP contribution in [0.15, 0.2) is 18.2 Å². The van der Waals surface area contributed by atoms with E-state index in [0.29, 0.717) is 17.4 Å². The van der Waals surface area contributed by atoms with Crippen LogP contribution in [-0.4, -0.2) is 36.9 Å². The number of halogens is 1. The first-order valence-electron chi connectivity index (χ1n) is 6.65. The molecule has 0 aromatic heterocycles. The molecule has 1 amide bonds. The number of benzene rings is 1. The van der Waals surface area contributed by atoms with Crippen molar-refractivity contribution in [3.05, 3.63) is 29.3 Å². The Hall–Kier alpha value is -1.22. The van der Waals surface area contributed by atoms with Crippen LogP contribution in [-0.2, 0) is 0 Å². The topological polar surface area (TPSA) is 29.5 Å². The molecule has 19 heavy (non-hydrogen) atoms. The van der Waals surface area contributed by atoms with Gasteiger partial charge in [0.25, 0.3) is 5.91 Å². The van der Waals surface area contributed by atoms with Crippen LogP contribution in [0.4, 0.5) is 0 Å². The average Bonchev–Trinajstić information content (AvgIpc) is 2.87. The second kappa shape index (κ2) is 6.29. The Morgan fingerprint density at radius 3 is 3.00 bits per heavy atom. The number of carbonyl (C=O) groups excluding carboxylic acids is 1. The Morgan fingerprint density at radius 2 is 2.32 bits per heavy atom. The van der Waals surface area contributed by atoms with Gasteiger partial charge in [-0.3, -0.25) is 4.79 Å². The Morgan fingerprint density at radius 1 is 1.53 bits per heavy atom. The molecule has 1 aromatic rings. The Kier molecular flexibility index (Phi) is 4.70. The minimum absolute atomic E-state index is 0.0929. The van der Waals surface area contributed by atoms with Crippen molar-refractivity contribution in [1.29, 1.82) is 0 Å². The molecule has 1 saturated heterocycles. The van der Waals surface area contributed by atoms with Gasteiger partial charge in [-0.15, -0.1) is 11.6 Å². The van der Waals surface area contributed by atoms with E-state index in [-0.39, 0.29) is 5.91 Å². The highest BCUT2D eigenvalue weighted by atomic mass is 35.5. The quantitative estimate of drug-likeness (QED) is 0.794. The van der Waals surface area contributed by atoms with E-state index in [1.54, 1.807) is 7.11 Å². The molecular formula is C15H20ClNO2. The number of aryl methyl sites for hydroxylation is 1. The highest BCUT2D eigenvalue weighted by Crippen LogP contribution is 2.24. The zero-order chi connectivity index (χ0) is 13.8. The molecule has 0 bridgehead atoms. The van der Waals surface area contributed by atoms with E-state index in [1.165, 1.54) is 0 Å². The smallest absolute Gasteiger partial charge is 0.253 e. The van der Waals surface area contributed by atoms with Crippen molar-refractivity contribution in [3.8, 4) is 5.75 Å². The maximum atomic E-state index is 12.4. The Labute approximate surface area is 119 Å².